The van der Waals surface area contributed by atoms with E-state index in [9.17, 15) is 20.0 Å². The van der Waals surface area contributed by atoms with Crippen molar-refractivity contribution in [3.05, 3.63) is 69.3 Å². The number of non-ortho nitro benzene ring substituents is 1. The van der Waals surface area contributed by atoms with E-state index in [0.717, 1.165) is 25.9 Å². The van der Waals surface area contributed by atoms with Crippen LogP contribution in [0.2, 0.25) is 0 Å². The first-order chi connectivity index (χ1) is 14.8. The number of Topliss-reactive ketones (excluding diaryl/α,β-unsaturated/α-hetero) is 1. The first-order valence-corrected chi connectivity index (χ1v) is 10.2. The third-order valence-corrected chi connectivity index (χ3v) is 5.77. The lowest BCUT2D eigenvalue weighted by Gasteiger charge is -2.27. The summed E-state index contributed by atoms with van der Waals surface area (Å²) in [6, 6.07) is 11.5. The number of benzene rings is 2. The molecule has 0 unspecified atom stereocenters. The van der Waals surface area contributed by atoms with Gasteiger partial charge in [-0.3, -0.25) is 19.9 Å². The van der Waals surface area contributed by atoms with E-state index in [-0.39, 0.29) is 23.4 Å². The van der Waals surface area contributed by atoms with Crippen LogP contribution in [0.5, 0.6) is 5.88 Å². The summed E-state index contributed by atoms with van der Waals surface area (Å²) >= 11 is 0. The SMILES string of the molecule is CC(=O)c1ccc2[nH]c(O)c(C(=NC3CCN(C)CC3)c3ccc([N+](=O)[O-])cc3)c2c1. The molecule has 31 heavy (non-hydrogen) atoms. The van der Waals surface area contributed by atoms with E-state index in [1.807, 2.05) is 0 Å². The minimum absolute atomic E-state index is 0.00981. The summed E-state index contributed by atoms with van der Waals surface area (Å²) in [5, 5.41) is 22.5. The van der Waals surface area contributed by atoms with Crippen molar-refractivity contribution in [1.29, 1.82) is 0 Å². The van der Waals surface area contributed by atoms with Gasteiger partial charge in [0.15, 0.2) is 11.7 Å². The number of fused-ring (bicyclic) bond motifs is 1. The number of hydrogen-bond acceptors (Lipinski definition) is 6. The molecule has 0 aliphatic carbocycles. The van der Waals surface area contributed by atoms with Crippen molar-refractivity contribution >= 4 is 28.1 Å². The Kier molecular flexibility index (Phi) is 5.56. The lowest BCUT2D eigenvalue weighted by atomic mass is 9.97. The number of rotatable bonds is 5. The van der Waals surface area contributed by atoms with Crippen molar-refractivity contribution < 1.29 is 14.8 Å². The maximum atomic E-state index is 11.9. The number of carbonyl (C=O) groups is 1. The summed E-state index contributed by atoms with van der Waals surface area (Å²) in [6.45, 7) is 3.35. The quantitative estimate of drug-likeness (QED) is 0.281. The molecule has 0 atom stereocenters. The van der Waals surface area contributed by atoms with Gasteiger partial charge in [0.1, 0.15) is 0 Å². The Bertz CT molecular complexity index is 1170. The molecule has 1 aliphatic rings. The van der Waals surface area contributed by atoms with E-state index in [1.165, 1.54) is 19.1 Å². The standard InChI is InChI=1S/C23H24N4O4/c1-14(28)16-5-8-20-19(13-16)21(23(29)25-20)22(24-17-9-11-26(2)12-10-17)15-3-6-18(7-4-15)27(30)31/h3-8,13,17,25,29H,9-12H2,1-2H3. The van der Waals surface area contributed by atoms with Crippen LogP contribution in [-0.2, 0) is 0 Å². The molecule has 160 valence electrons. The molecule has 8 nitrogen and oxygen atoms in total. The second-order valence-corrected chi connectivity index (χ2v) is 7.98. The highest BCUT2D eigenvalue weighted by molar-refractivity contribution is 6.21. The number of aromatic amines is 1. The number of nitrogens with one attached hydrogen (secondary N) is 1. The Hall–Kier alpha value is -3.52. The summed E-state index contributed by atoms with van der Waals surface area (Å²) in [5.74, 6) is -0.113. The normalized spacial score (nSPS) is 16.0. The van der Waals surface area contributed by atoms with Crippen molar-refractivity contribution in [2.24, 2.45) is 4.99 Å². The Morgan fingerprint density at radius 3 is 2.42 bits per heavy atom. The molecule has 0 amide bonds. The highest BCUT2D eigenvalue weighted by atomic mass is 16.6. The number of nitrogens with zero attached hydrogens (tertiary/aromatic N) is 3. The summed E-state index contributed by atoms with van der Waals surface area (Å²) < 4.78 is 0. The fourth-order valence-electron chi connectivity index (χ4n) is 3.97. The van der Waals surface area contributed by atoms with Gasteiger partial charge in [0.2, 0.25) is 0 Å². The topological polar surface area (TPSA) is 112 Å². The minimum atomic E-state index is -0.445. The van der Waals surface area contributed by atoms with Gasteiger partial charge < -0.3 is 15.0 Å². The number of nitro benzene ring substituents is 1. The van der Waals surface area contributed by atoms with E-state index in [2.05, 4.69) is 16.9 Å². The van der Waals surface area contributed by atoms with Gasteiger partial charge in [-0.2, -0.15) is 0 Å². The monoisotopic (exact) mass is 420 g/mol. The second kappa shape index (κ2) is 8.31. The molecular weight excluding hydrogens is 396 g/mol. The lowest BCUT2D eigenvalue weighted by Crippen LogP contribution is -2.32. The van der Waals surface area contributed by atoms with E-state index in [4.69, 9.17) is 4.99 Å². The van der Waals surface area contributed by atoms with Gasteiger partial charge in [0, 0.05) is 34.2 Å². The lowest BCUT2D eigenvalue weighted by molar-refractivity contribution is -0.384. The van der Waals surface area contributed by atoms with Crippen LogP contribution in [0.1, 0.15) is 41.3 Å². The maximum absolute atomic E-state index is 11.9. The number of aromatic nitrogens is 1. The van der Waals surface area contributed by atoms with Crippen LogP contribution in [0.4, 0.5) is 5.69 Å². The number of carbonyl (C=O) groups excluding carboxylic acids is 1. The number of H-pyrrole nitrogens is 1. The van der Waals surface area contributed by atoms with E-state index >= 15 is 0 Å². The highest BCUT2D eigenvalue weighted by Gasteiger charge is 2.23. The molecule has 4 rings (SSSR count). The maximum Gasteiger partial charge on any atom is 0.269 e. The zero-order chi connectivity index (χ0) is 22.1. The third kappa shape index (κ3) is 4.20. The third-order valence-electron chi connectivity index (χ3n) is 5.77. The highest BCUT2D eigenvalue weighted by Crippen LogP contribution is 2.32. The molecule has 1 aliphatic heterocycles. The van der Waals surface area contributed by atoms with E-state index in [1.54, 1.807) is 30.3 Å². The molecule has 0 saturated carbocycles. The van der Waals surface area contributed by atoms with Gasteiger partial charge >= 0.3 is 0 Å². The fraction of sp³-hybridized carbons (Fsp3) is 0.304. The van der Waals surface area contributed by atoms with Crippen LogP contribution in [0.15, 0.2) is 47.5 Å². The van der Waals surface area contributed by atoms with Gasteiger partial charge in [-0.1, -0.05) is 0 Å². The Labute approximate surface area is 179 Å². The average molecular weight is 420 g/mol. The molecule has 2 aromatic carbocycles. The Balaban J connectivity index is 1.88. The van der Waals surface area contributed by atoms with E-state index in [0.29, 0.717) is 33.3 Å². The smallest absolute Gasteiger partial charge is 0.269 e. The van der Waals surface area contributed by atoms with Crippen molar-refractivity contribution in [1.82, 2.24) is 9.88 Å². The first kappa shape index (κ1) is 20.7. The van der Waals surface area contributed by atoms with Crippen molar-refractivity contribution in [2.75, 3.05) is 20.1 Å². The molecule has 3 aromatic rings. The largest absolute Gasteiger partial charge is 0.494 e. The minimum Gasteiger partial charge on any atom is -0.494 e. The summed E-state index contributed by atoms with van der Waals surface area (Å²) in [6.07, 6.45) is 1.77. The van der Waals surface area contributed by atoms with Crippen molar-refractivity contribution in [2.45, 2.75) is 25.8 Å². The number of aromatic hydroxyl groups is 1. The molecule has 1 saturated heterocycles. The van der Waals surface area contributed by atoms with E-state index < -0.39 is 4.92 Å². The molecule has 8 heteroatoms. The van der Waals surface area contributed by atoms with Crippen LogP contribution in [-0.4, -0.2) is 57.6 Å². The second-order valence-electron chi connectivity index (χ2n) is 7.98. The van der Waals surface area contributed by atoms with Gasteiger partial charge in [0.05, 0.1) is 22.2 Å². The van der Waals surface area contributed by atoms with Crippen LogP contribution < -0.4 is 0 Å². The Morgan fingerprint density at radius 1 is 1.16 bits per heavy atom. The molecule has 0 radical (unpaired) electrons. The molecular formula is C23H24N4O4. The number of piperidine rings is 1. The number of nitro groups is 1. The van der Waals surface area contributed by atoms with Crippen LogP contribution >= 0.6 is 0 Å². The van der Waals surface area contributed by atoms with Crippen LogP contribution in [0, 0.1) is 10.1 Å². The number of aliphatic imine (C=N–C) groups is 1. The van der Waals surface area contributed by atoms with Gasteiger partial charge in [-0.15, -0.1) is 0 Å². The van der Waals surface area contributed by atoms with Gasteiger partial charge in [-0.05, 0) is 70.2 Å². The summed E-state index contributed by atoms with van der Waals surface area (Å²) in [5.41, 5.74) is 2.96. The number of likely N-dealkylation sites (tertiary alicyclic amines) is 1. The molecule has 1 aromatic heterocycles. The summed E-state index contributed by atoms with van der Waals surface area (Å²) in [4.78, 5) is 32.8. The van der Waals surface area contributed by atoms with Crippen molar-refractivity contribution in [3.8, 4) is 5.88 Å². The van der Waals surface area contributed by atoms with Crippen molar-refractivity contribution in [3.63, 3.8) is 0 Å². The van der Waals surface area contributed by atoms with Crippen LogP contribution in [0.3, 0.4) is 0 Å². The molecule has 0 spiro atoms. The predicted octanol–water partition coefficient (Wildman–Crippen LogP) is 3.92. The van der Waals surface area contributed by atoms with Crippen LogP contribution in [0.25, 0.3) is 10.9 Å². The van der Waals surface area contributed by atoms with Gasteiger partial charge in [0.25, 0.3) is 5.69 Å². The number of ketones is 1. The first-order valence-electron chi connectivity index (χ1n) is 10.2. The molecule has 2 N–H and O–H groups in total. The zero-order valence-corrected chi connectivity index (χ0v) is 17.5. The summed E-state index contributed by atoms with van der Waals surface area (Å²) in [7, 11) is 2.08. The molecule has 1 fully saturated rings. The fourth-order valence-corrected chi connectivity index (χ4v) is 3.97. The van der Waals surface area contributed by atoms with Gasteiger partial charge in [-0.25, -0.2) is 0 Å². The number of hydrogen-bond donors (Lipinski definition) is 2. The predicted molar refractivity (Wildman–Crippen MR) is 119 cm³/mol. The zero-order valence-electron chi connectivity index (χ0n) is 17.5. The molecule has 2 heterocycles. The Morgan fingerprint density at radius 2 is 1.81 bits per heavy atom. The molecule has 0 bridgehead atoms. The average Bonchev–Trinajstić information content (AvgIpc) is 3.08.